The molecule has 2 aromatic rings. The van der Waals surface area contributed by atoms with Gasteiger partial charge in [-0.05, 0) is 30.7 Å². The van der Waals surface area contributed by atoms with Crippen molar-refractivity contribution in [2.45, 2.75) is 26.1 Å². The summed E-state index contributed by atoms with van der Waals surface area (Å²) in [6.45, 7) is 7.30. The van der Waals surface area contributed by atoms with Gasteiger partial charge in [0.05, 0.1) is 7.11 Å². The van der Waals surface area contributed by atoms with Crippen LogP contribution in [0.3, 0.4) is 0 Å². The van der Waals surface area contributed by atoms with Gasteiger partial charge in [-0.2, -0.15) is 0 Å². The lowest BCUT2D eigenvalue weighted by atomic mass is 10.1. The molecular formula is C23H32FN3O2+2. The van der Waals surface area contributed by atoms with Crippen molar-refractivity contribution in [1.29, 1.82) is 0 Å². The van der Waals surface area contributed by atoms with Crippen molar-refractivity contribution in [1.82, 2.24) is 4.90 Å². The fourth-order valence-corrected chi connectivity index (χ4v) is 4.08. The summed E-state index contributed by atoms with van der Waals surface area (Å²) in [5.41, 5.74) is 2.13. The third-order valence-electron chi connectivity index (χ3n) is 5.89. The van der Waals surface area contributed by atoms with Gasteiger partial charge in [0, 0.05) is 19.2 Å². The standard InChI is InChI=1S/C23H30FN3O2/c1-18(23(28)25(2)16-19-7-5-4-6-8-19)27-13-11-26(12-14-27)17-20-9-10-22(29-3)21(24)15-20/h4-10,15,18H,11-14,16-17H2,1-3H3/p+2/t18-/m1/s1. The topological polar surface area (TPSA) is 38.4 Å². The van der Waals surface area contributed by atoms with Crippen molar-refractivity contribution in [2.75, 3.05) is 40.3 Å². The quantitative estimate of drug-likeness (QED) is 0.694. The van der Waals surface area contributed by atoms with Gasteiger partial charge in [-0.1, -0.05) is 30.3 Å². The van der Waals surface area contributed by atoms with Gasteiger partial charge in [0.2, 0.25) is 0 Å². The zero-order valence-electron chi connectivity index (χ0n) is 17.6. The van der Waals surface area contributed by atoms with E-state index in [0.717, 1.165) is 43.9 Å². The van der Waals surface area contributed by atoms with Crippen LogP contribution in [-0.4, -0.2) is 57.2 Å². The molecular weight excluding hydrogens is 369 g/mol. The van der Waals surface area contributed by atoms with E-state index in [0.29, 0.717) is 6.54 Å². The van der Waals surface area contributed by atoms with E-state index in [-0.39, 0.29) is 23.5 Å². The predicted molar refractivity (Wildman–Crippen MR) is 110 cm³/mol. The second-order valence-electron chi connectivity index (χ2n) is 7.96. The molecule has 1 heterocycles. The van der Waals surface area contributed by atoms with Crippen LogP contribution >= 0.6 is 0 Å². The number of amides is 1. The largest absolute Gasteiger partial charge is 0.494 e. The van der Waals surface area contributed by atoms with Crippen LogP contribution < -0.4 is 14.5 Å². The maximum absolute atomic E-state index is 13.9. The van der Waals surface area contributed by atoms with E-state index in [9.17, 15) is 9.18 Å². The highest BCUT2D eigenvalue weighted by Crippen LogP contribution is 2.17. The number of piperazine rings is 1. The molecule has 0 spiro atoms. The van der Waals surface area contributed by atoms with Gasteiger partial charge in [-0.15, -0.1) is 0 Å². The molecule has 0 radical (unpaired) electrons. The zero-order valence-corrected chi connectivity index (χ0v) is 17.6. The molecule has 1 aliphatic heterocycles. The highest BCUT2D eigenvalue weighted by molar-refractivity contribution is 5.79. The molecule has 3 rings (SSSR count). The third-order valence-corrected chi connectivity index (χ3v) is 5.89. The van der Waals surface area contributed by atoms with E-state index in [1.54, 1.807) is 12.1 Å². The van der Waals surface area contributed by atoms with Crippen LogP contribution in [0.5, 0.6) is 5.75 Å². The van der Waals surface area contributed by atoms with Gasteiger partial charge >= 0.3 is 0 Å². The SMILES string of the molecule is COc1ccc(C[NH+]2CC[NH+]([C@H](C)C(=O)N(C)Cc3ccccc3)CC2)cc1F. The van der Waals surface area contributed by atoms with Crippen molar-refractivity contribution in [3.8, 4) is 5.75 Å². The predicted octanol–water partition coefficient (Wildman–Crippen LogP) is 0.165. The van der Waals surface area contributed by atoms with Gasteiger partial charge in [0.1, 0.15) is 32.7 Å². The van der Waals surface area contributed by atoms with Crippen molar-refractivity contribution in [2.24, 2.45) is 0 Å². The number of hydrogen-bond donors (Lipinski definition) is 2. The third kappa shape index (κ3) is 5.55. The van der Waals surface area contributed by atoms with Gasteiger partial charge in [-0.25, -0.2) is 4.39 Å². The monoisotopic (exact) mass is 401 g/mol. The van der Waals surface area contributed by atoms with E-state index in [4.69, 9.17) is 4.74 Å². The lowest BCUT2D eigenvalue weighted by Crippen LogP contribution is -3.29. The summed E-state index contributed by atoms with van der Waals surface area (Å²) in [4.78, 5) is 17.4. The Kier molecular flexibility index (Phi) is 7.23. The number of halogens is 1. The molecule has 0 saturated carbocycles. The molecule has 156 valence electrons. The summed E-state index contributed by atoms with van der Waals surface area (Å²) in [7, 11) is 3.36. The van der Waals surface area contributed by atoms with Crippen molar-refractivity contribution in [3.05, 3.63) is 65.5 Å². The Balaban J connectivity index is 1.49. The molecule has 1 atom stereocenters. The van der Waals surface area contributed by atoms with E-state index < -0.39 is 0 Å². The van der Waals surface area contributed by atoms with Gasteiger partial charge < -0.3 is 19.4 Å². The Labute approximate surface area is 172 Å². The van der Waals surface area contributed by atoms with E-state index >= 15 is 0 Å². The normalized spacial score (nSPS) is 20.1. The van der Waals surface area contributed by atoms with Crippen LogP contribution in [0, 0.1) is 5.82 Å². The first kappa shape index (κ1) is 21.3. The van der Waals surface area contributed by atoms with E-state index in [1.807, 2.05) is 55.3 Å². The average molecular weight is 402 g/mol. The molecule has 0 bridgehead atoms. The Morgan fingerprint density at radius 1 is 1.10 bits per heavy atom. The minimum Gasteiger partial charge on any atom is -0.494 e. The van der Waals surface area contributed by atoms with Crippen molar-refractivity contribution >= 4 is 5.91 Å². The number of benzene rings is 2. The summed E-state index contributed by atoms with van der Waals surface area (Å²) in [5.74, 6) is 0.156. The minimum absolute atomic E-state index is 0.0521. The molecule has 1 saturated heterocycles. The zero-order chi connectivity index (χ0) is 20.8. The van der Waals surface area contributed by atoms with Crippen LogP contribution in [0.4, 0.5) is 4.39 Å². The molecule has 0 unspecified atom stereocenters. The number of hydrogen-bond acceptors (Lipinski definition) is 2. The summed E-state index contributed by atoms with van der Waals surface area (Å²) in [5, 5.41) is 0. The first-order valence-electron chi connectivity index (χ1n) is 10.3. The number of nitrogens with one attached hydrogen (secondary N) is 2. The van der Waals surface area contributed by atoms with Crippen LogP contribution in [-0.2, 0) is 17.9 Å². The molecule has 2 N–H and O–H groups in total. The number of ether oxygens (including phenoxy) is 1. The first-order chi connectivity index (χ1) is 14.0. The number of likely N-dealkylation sites (N-methyl/N-ethyl adjacent to an activating group) is 1. The number of carbonyl (C=O) groups is 1. The number of carbonyl (C=O) groups excluding carboxylic acids is 1. The van der Waals surface area contributed by atoms with E-state index in [2.05, 4.69) is 0 Å². The summed E-state index contributed by atoms with van der Waals surface area (Å²) < 4.78 is 18.9. The second kappa shape index (κ2) is 9.85. The number of rotatable bonds is 7. The van der Waals surface area contributed by atoms with Gasteiger partial charge in [0.15, 0.2) is 17.6 Å². The molecule has 1 amide bonds. The second-order valence-corrected chi connectivity index (χ2v) is 7.96. The molecule has 0 aromatic heterocycles. The molecule has 1 aliphatic rings. The number of methoxy groups -OCH3 is 1. The highest BCUT2D eigenvalue weighted by Gasteiger charge is 2.32. The number of quaternary nitrogens is 2. The molecule has 2 aromatic carbocycles. The Hall–Kier alpha value is -2.44. The highest BCUT2D eigenvalue weighted by atomic mass is 19.1. The smallest absolute Gasteiger partial charge is 0.280 e. The lowest BCUT2D eigenvalue weighted by molar-refractivity contribution is -1.02. The molecule has 29 heavy (non-hydrogen) atoms. The van der Waals surface area contributed by atoms with Gasteiger partial charge in [-0.3, -0.25) is 4.79 Å². The van der Waals surface area contributed by atoms with E-state index in [1.165, 1.54) is 16.9 Å². The average Bonchev–Trinajstić information content (AvgIpc) is 2.74. The summed E-state index contributed by atoms with van der Waals surface area (Å²) in [6, 6.07) is 15.2. The molecule has 0 aliphatic carbocycles. The Bertz CT molecular complexity index is 807. The van der Waals surface area contributed by atoms with Crippen molar-refractivity contribution < 1.29 is 23.7 Å². The summed E-state index contributed by atoms with van der Waals surface area (Å²) >= 11 is 0. The molecule has 5 nitrogen and oxygen atoms in total. The Morgan fingerprint density at radius 2 is 1.79 bits per heavy atom. The van der Waals surface area contributed by atoms with Crippen LogP contribution in [0.2, 0.25) is 0 Å². The van der Waals surface area contributed by atoms with Crippen molar-refractivity contribution in [3.63, 3.8) is 0 Å². The number of nitrogens with zero attached hydrogens (tertiary/aromatic N) is 1. The fraction of sp³-hybridized carbons (Fsp3) is 0.435. The van der Waals surface area contributed by atoms with Crippen LogP contribution in [0.25, 0.3) is 0 Å². The summed E-state index contributed by atoms with van der Waals surface area (Å²) in [6.07, 6.45) is 0. The maximum atomic E-state index is 13.9. The molecule has 1 fully saturated rings. The van der Waals surface area contributed by atoms with Crippen LogP contribution in [0.15, 0.2) is 48.5 Å². The Morgan fingerprint density at radius 3 is 2.41 bits per heavy atom. The fourth-order valence-electron chi connectivity index (χ4n) is 4.08. The van der Waals surface area contributed by atoms with Crippen LogP contribution in [0.1, 0.15) is 18.1 Å². The molecule has 6 heteroatoms. The first-order valence-corrected chi connectivity index (χ1v) is 10.3. The lowest BCUT2D eigenvalue weighted by Gasteiger charge is -2.34. The van der Waals surface area contributed by atoms with Gasteiger partial charge in [0.25, 0.3) is 5.91 Å². The maximum Gasteiger partial charge on any atom is 0.280 e. The minimum atomic E-state index is -0.311.